The number of allylic oxidation sites excluding steroid dienone is 1. The molecule has 2 N–H and O–H groups in total. The molecule has 5 rings (SSSR count). The summed E-state index contributed by atoms with van der Waals surface area (Å²) in [4.78, 5) is 14.2. The van der Waals surface area contributed by atoms with Gasteiger partial charge >= 0.3 is 0 Å². The standard InChI is InChI=1S/C22H27N3O/c1-24-11-14-10-20-18(17-4-3-5-19(24)21(14)17)9-15(12-25(20)2)22(23)13-6-7-16(26)8-13/h3-5,8,11,15,18,20,22H,6-7,9-10,12,23H2,1-2H3/t15?,18-,20-,22?/m1/s1. The Balaban J connectivity index is 1.52. The molecule has 2 aromatic rings. The van der Waals surface area contributed by atoms with Crippen LogP contribution in [0.3, 0.4) is 0 Å². The number of hydrogen-bond acceptors (Lipinski definition) is 3. The average Bonchev–Trinajstić information content (AvgIpc) is 3.20. The molecule has 26 heavy (non-hydrogen) atoms. The molecule has 3 aliphatic rings. The smallest absolute Gasteiger partial charge is 0.156 e. The van der Waals surface area contributed by atoms with Crippen LogP contribution >= 0.6 is 0 Å². The molecule has 1 fully saturated rings. The van der Waals surface area contributed by atoms with E-state index < -0.39 is 0 Å². The predicted octanol–water partition coefficient (Wildman–Crippen LogP) is 2.75. The lowest BCUT2D eigenvalue weighted by molar-refractivity contribution is -0.114. The number of carbonyl (C=O) groups is 1. The molecule has 0 amide bonds. The summed E-state index contributed by atoms with van der Waals surface area (Å²) in [5, 5.41) is 1.47. The zero-order chi connectivity index (χ0) is 18.0. The van der Waals surface area contributed by atoms with Crippen LogP contribution in [0.25, 0.3) is 10.9 Å². The van der Waals surface area contributed by atoms with Gasteiger partial charge in [-0.05, 0) is 61.1 Å². The fourth-order valence-electron chi connectivity index (χ4n) is 5.71. The minimum absolute atomic E-state index is 0.0150. The van der Waals surface area contributed by atoms with Crippen LogP contribution < -0.4 is 5.73 Å². The van der Waals surface area contributed by atoms with Crippen LogP contribution in [0.2, 0.25) is 0 Å². The van der Waals surface area contributed by atoms with Gasteiger partial charge in [0, 0.05) is 55.1 Å². The fraction of sp³-hybridized carbons (Fsp3) is 0.500. The summed E-state index contributed by atoms with van der Waals surface area (Å²) in [6.07, 6.45) is 7.86. The summed E-state index contributed by atoms with van der Waals surface area (Å²) in [6.45, 7) is 1.02. The van der Waals surface area contributed by atoms with Crippen LogP contribution in [0.1, 0.15) is 36.3 Å². The van der Waals surface area contributed by atoms with Crippen molar-refractivity contribution in [2.24, 2.45) is 18.7 Å². The van der Waals surface area contributed by atoms with Gasteiger partial charge in [0.25, 0.3) is 0 Å². The quantitative estimate of drug-likeness (QED) is 0.907. The summed E-state index contributed by atoms with van der Waals surface area (Å²) in [5.74, 6) is 1.19. The molecule has 1 aromatic heterocycles. The highest BCUT2D eigenvalue weighted by Gasteiger charge is 2.41. The highest BCUT2D eigenvalue weighted by atomic mass is 16.1. The predicted molar refractivity (Wildman–Crippen MR) is 104 cm³/mol. The third-order valence-electron chi connectivity index (χ3n) is 7.01. The van der Waals surface area contributed by atoms with Gasteiger partial charge < -0.3 is 15.2 Å². The number of hydrogen-bond donors (Lipinski definition) is 1. The van der Waals surface area contributed by atoms with Gasteiger partial charge in [0.15, 0.2) is 5.78 Å². The minimum Gasteiger partial charge on any atom is -0.350 e. The first-order valence-electron chi connectivity index (χ1n) is 9.79. The van der Waals surface area contributed by atoms with E-state index in [1.807, 2.05) is 6.08 Å². The van der Waals surface area contributed by atoms with Crippen molar-refractivity contribution in [1.82, 2.24) is 9.47 Å². The molecule has 4 atom stereocenters. The van der Waals surface area contributed by atoms with Crippen molar-refractivity contribution in [3.8, 4) is 0 Å². The SMILES string of the molecule is CN1CC(C(N)C2=CC(=O)CC2)C[C@@H]2c3cccc4c3c(cn4C)C[C@H]21. The summed E-state index contributed by atoms with van der Waals surface area (Å²) in [7, 11) is 4.40. The van der Waals surface area contributed by atoms with Gasteiger partial charge in [-0.15, -0.1) is 0 Å². The number of fused-ring (bicyclic) bond motifs is 2. The molecule has 4 heteroatoms. The number of benzene rings is 1. The summed E-state index contributed by atoms with van der Waals surface area (Å²) in [5.41, 5.74) is 12.1. The maximum atomic E-state index is 11.7. The zero-order valence-electron chi connectivity index (χ0n) is 15.6. The number of nitrogens with two attached hydrogens (primary N) is 1. The molecule has 0 radical (unpaired) electrons. The molecule has 2 aliphatic carbocycles. The molecule has 1 saturated heterocycles. The highest BCUT2D eigenvalue weighted by molar-refractivity contribution is 5.93. The van der Waals surface area contributed by atoms with Gasteiger partial charge in [-0.3, -0.25) is 4.79 Å². The monoisotopic (exact) mass is 349 g/mol. The van der Waals surface area contributed by atoms with Gasteiger partial charge in [-0.2, -0.15) is 0 Å². The lowest BCUT2D eigenvalue weighted by Gasteiger charge is -2.47. The van der Waals surface area contributed by atoms with E-state index in [1.54, 1.807) is 0 Å². The molecule has 2 unspecified atom stereocenters. The van der Waals surface area contributed by atoms with E-state index in [4.69, 9.17) is 5.73 Å². The van der Waals surface area contributed by atoms with Crippen molar-refractivity contribution in [1.29, 1.82) is 0 Å². The number of aryl methyl sites for hydroxylation is 1. The molecule has 1 aromatic carbocycles. The van der Waals surface area contributed by atoms with Crippen LogP contribution in [-0.4, -0.2) is 40.9 Å². The highest BCUT2D eigenvalue weighted by Crippen LogP contribution is 2.45. The van der Waals surface area contributed by atoms with Crippen molar-refractivity contribution in [3.63, 3.8) is 0 Å². The van der Waals surface area contributed by atoms with Crippen LogP contribution in [0.4, 0.5) is 0 Å². The van der Waals surface area contributed by atoms with Crippen molar-refractivity contribution in [2.75, 3.05) is 13.6 Å². The largest absolute Gasteiger partial charge is 0.350 e. The van der Waals surface area contributed by atoms with Crippen molar-refractivity contribution in [3.05, 3.63) is 47.2 Å². The summed E-state index contributed by atoms with van der Waals surface area (Å²) < 4.78 is 2.27. The normalized spacial score (nSPS) is 29.7. The number of likely N-dealkylation sites (tertiary alicyclic amines) is 1. The van der Waals surface area contributed by atoms with Gasteiger partial charge in [-0.25, -0.2) is 0 Å². The van der Waals surface area contributed by atoms with E-state index in [-0.39, 0.29) is 11.8 Å². The van der Waals surface area contributed by atoms with E-state index in [0.29, 0.717) is 24.3 Å². The molecule has 0 saturated carbocycles. The first kappa shape index (κ1) is 16.3. The number of piperidine rings is 1. The maximum Gasteiger partial charge on any atom is 0.156 e. The number of carbonyl (C=O) groups excluding carboxylic acids is 1. The van der Waals surface area contributed by atoms with Crippen LogP contribution in [0, 0.1) is 5.92 Å². The molecule has 0 spiro atoms. The minimum atomic E-state index is 0.0150. The average molecular weight is 349 g/mol. The second kappa shape index (κ2) is 5.80. The first-order chi connectivity index (χ1) is 12.5. The Hall–Kier alpha value is -1.91. The van der Waals surface area contributed by atoms with E-state index >= 15 is 0 Å². The Morgan fingerprint density at radius 1 is 1.23 bits per heavy atom. The van der Waals surface area contributed by atoms with Crippen LogP contribution in [-0.2, 0) is 18.3 Å². The molecule has 0 bridgehead atoms. The fourth-order valence-corrected chi connectivity index (χ4v) is 5.71. The number of rotatable bonds is 2. The van der Waals surface area contributed by atoms with E-state index in [9.17, 15) is 4.79 Å². The van der Waals surface area contributed by atoms with Gasteiger partial charge in [-0.1, -0.05) is 12.1 Å². The first-order valence-corrected chi connectivity index (χ1v) is 9.79. The van der Waals surface area contributed by atoms with Gasteiger partial charge in [0.2, 0.25) is 0 Å². The third kappa shape index (κ3) is 2.32. The van der Waals surface area contributed by atoms with E-state index in [1.165, 1.54) is 27.6 Å². The Bertz CT molecular complexity index is 925. The van der Waals surface area contributed by atoms with Gasteiger partial charge in [0.05, 0.1) is 0 Å². The topological polar surface area (TPSA) is 51.3 Å². The van der Waals surface area contributed by atoms with Crippen molar-refractivity contribution in [2.45, 2.75) is 43.7 Å². The third-order valence-corrected chi connectivity index (χ3v) is 7.01. The number of nitrogens with zero attached hydrogens (tertiary/aromatic N) is 2. The second-order valence-corrected chi connectivity index (χ2v) is 8.53. The Kier molecular flexibility index (Phi) is 3.63. The molecule has 2 heterocycles. The number of likely N-dealkylation sites (N-methyl/N-ethyl adjacent to an activating group) is 1. The second-order valence-electron chi connectivity index (χ2n) is 8.53. The number of aromatic nitrogens is 1. The molecule has 136 valence electrons. The lowest BCUT2D eigenvalue weighted by atomic mass is 9.70. The van der Waals surface area contributed by atoms with Crippen molar-refractivity contribution >= 4 is 16.7 Å². The summed E-state index contributed by atoms with van der Waals surface area (Å²) >= 11 is 0. The maximum absolute atomic E-state index is 11.7. The van der Waals surface area contributed by atoms with Crippen LogP contribution in [0.15, 0.2) is 36.0 Å². The Morgan fingerprint density at radius 3 is 2.85 bits per heavy atom. The molecular formula is C22H27N3O. The van der Waals surface area contributed by atoms with Crippen LogP contribution in [0.5, 0.6) is 0 Å². The Morgan fingerprint density at radius 2 is 2.08 bits per heavy atom. The summed E-state index contributed by atoms with van der Waals surface area (Å²) in [6, 6.07) is 7.32. The molecular weight excluding hydrogens is 322 g/mol. The van der Waals surface area contributed by atoms with Crippen molar-refractivity contribution < 1.29 is 4.79 Å². The Labute approximate surface area is 154 Å². The molecule has 4 nitrogen and oxygen atoms in total. The van der Waals surface area contributed by atoms with Gasteiger partial charge in [0.1, 0.15) is 0 Å². The van der Waals surface area contributed by atoms with E-state index in [2.05, 4.69) is 48.0 Å². The zero-order valence-corrected chi connectivity index (χ0v) is 15.6. The molecule has 1 aliphatic heterocycles. The van der Waals surface area contributed by atoms with E-state index in [0.717, 1.165) is 25.8 Å². The lowest BCUT2D eigenvalue weighted by Crippen LogP contribution is -2.52. The number of ketones is 1.